The Labute approximate surface area is 108 Å². The monoisotopic (exact) mass is 266 g/mol. The van der Waals surface area contributed by atoms with Gasteiger partial charge in [0.25, 0.3) is 0 Å². The predicted molar refractivity (Wildman–Crippen MR) is 68.6 cm³/mol. The fourth-order valence-corrected chi connectivity index (χ4v) is 1.63. The Morgan fingerprint density at radius 3 is 2.94 bits per heavy atom. The summed E-state index contributed by atoms with van der Waals surface area (Å²) >= 11 is 4.87. The topological polar surface area (TPSA) is 77.0 Å². The molecule has 0 fully saturated rings. The quantitative estimate of drug-likeness (QED) is 0.821. The minimum Gasteiger partial charge on any atom is -0.389 e. The number of halogens is 1. The normalized spacial score (nSPS) is 10.3. The Hall–Kier alpha value is -2.02. The first-order chi connectivity index (χ1) is 8.56. The molecule has 1 aromatic heterocycles. The summed E-state index contributed by atoms with van der Waals surface area (Å²) in [6, 6.07) is 4.18. The molecule has 0 radical (unpaired) electrons. The number of nitrogens with zero attached hydrogens (tertiary/aromatic N) is 2. The number of thiocarbonyl (C=S) groups is 1. The van der Waals surface area contributed by atoms with Crippen molar-refractivity contribution >= 4 is 22.9 Å². The van der Waals surface area contributed by atoms with Crippen LogP contribution in [0, 0.1) is 12.7 Å². The van der Waals surface area contributed by atoms with Crippen LogP contribution in [0.1, 0.15) is 17.3 Å². The van der Waals surface area contributed by atoms with E-state index >= 15 is 0 Å². The maximum Gasteiger partial charge on any atom is 0.223 e. The van der Waals surface area contributed by atoms with E-state index in [2.05, 4.69) is 15.5 Å². The molecule has 94 valence electrons. The summed E-state index contributed by atoms with van der Waals surface area (Å²) < 4.78 is 17.9. The summed E-state index contributed by atoms with van der Waals surface area (Å²) in [6.07, 6.45) is 0. The molecule has 7 heteroatoms. The molecular formula is C11H11FN4OS. The second-order valence-corrected chi connectivity index (χ2v) is 4.08. The molecule has 2 rings (SSSR count). The molecular weight excluding hydrogens is 255 g/mol. The van der Waals surface area contributed by atoms with Gasteiger partial charge < -0.3 is 15.6 Å². The van der Waals surface area contributed by atoms with Crippen LogP contribution in [0.5, 0.6) is 0 Å². The van der Waals surface area contributed by atoms with Gasteiger partial charge in [0, 0.05) is 18.2 Å². The zero-order valence-corrected chi connectivity index (χ0v) is 10.4. The van der Waals surface area contributed by atoms with Crippen molar-refractivity contribution in [2.24, 2.45) is 5.73 Å². The summed E-state index contributed by atoms with van der Waals surface area (Å²) in [5.74, 6) is 0.602. The molecule has 1 heterocycles. The molecule has 0 aliphatic carbocycles. The van der Waals surface area contributed by atoms with Gasteiger partial charge in [-0.25, -0.2) is 4.39 Å². The highest BCUT2D eigenvalue weighted by molar-refractivity contribution is 7.80. The molecule has 0 spiro atoms. The van der Waals surface area contributed by atoms with Crippen molar-refractivity contribution in [3.8, 4) is 0 Å². The Morgan fingerprint density at radius 2 is 2.33 bits per heavy atom. The highest BCUT2D eigenvalue weighted by Gasteiger charge is 2.08. The summed E-state index contributed by atoms with van der Waals surface area (Å²) in [7, 11) is 0. The summed E-state index contributed by atoms with van der Waals surface area (Å²) in [5.41, 5.74) is 6.61. The van der Waals surface area contributed by atoms with Crippen LogP contribution >= 0.6 is 12.2 Å². The third-order valence-electron chi connectivity index (χ3n) is 2.25. The van der Waals surface area contributed by atoms with Gasteiger partial charge in [0.2, 0.25) is 5.89 Å². The number of anilines is 1. The second-order valence-electron chi connectivity index (χ2n) is 3.64. The van der Waals surface area contributed by atoms with Crippen molar-refractivity contribution in [1.82, 2.24) is 10.1 Å². The Morgan fingerprint density at radius 1 is 1.56 bits per heavy atom. The van der Waals surface area contributed by atoms with Crippen molar-refractivity contribution in [3.05, 3.63) is 41.3 Å². The molecule has 0 saturated heterocycles. The fourth-order valence-electron chi connectivity index (χ4n) is 1.46. The van der Waals surface area contributed by atoms with Gasteiger partial charge in [-0.2, -0.15) is 4.98 Å². The second kappa shape index (κ2) is 5.09. The molecule has 0 unspecified atom stereocenters. The van der Waals surface area contributed by atoms with Gasteiger partial charge in [0.15, 0.2) is 5.82 Å². The standard InChI is InChI=1S/C11H11FN4OS/c1-6-15-10(16-17-6)5-14-9-3-2-7(12)4-8(9)11(13)18/h2-4,14H,5H2,1H3,(H2,13,18). The molecule has 1 aromatic carbocycles. The van der Waals surface area contributed by atoms with Crippen molar-refractivity contribution in [2.45, 2.75) is 13.5 Å². The van der Waals surface area contributed by atoms with E-state index < -0.39 is 5.82 Å². The average Bonchev–Trinajstić information content (AvgIpc) is 2.73. The van der Waals surface area contributed by atoms with E-state index in [9.17, 15) is 4.39 Å². The minimum absolute atomic E-state index is 0.126. The first kappa shape index (κ1) is 12.4. The van der Waals surface area contributed by atoms with Gasteiger partial charge in [-0.15, -0.1) is 0 Å². The number of benzene rings is 1. The molecule has 0 aliphatic heterocycles. The first-order valence-corrected chi connectivity index (χ1v) is 5.59. The SMILES string of the molecule is Cc1nc(CNc2ccc(F)cc2C(N)=S)no1. The molecule has 18 heavy (non-hydrogen) atoms. The predicted octanol–water partition coefficient (Wildman–Crippen LogP) is 1.76. The number of nitrogens with two attached hydrogens (primary N) is 1. The lowest BCUT2D eigenvalue weighted by Crippen LogP contribution is -2.14. The maximum absolute atomic E-state index is 13.1. The molecule has 2 aromatic rings. The van der Waals surface area contributed by atoms with Crippen LogP contribution in [-0.4, -0.2) is 15.1 Å². The smallest absolute Gasteiger partial charge is 0.223 e. The average molecular weight is 266 g/mol. The Balaban J connectivity index is 2.16. The summed E-state index contributed by atoms with van der Waals surface area (Å²) in [5, 5.41) is 6.77. The van der Waals surface area contributed by atoms with E-state index in [1.165, 1.54) is 12.1 Å². The molecule has 0 saturated carbocycles. The first-order valence-electron chi connectivity index (χ1n) is 5.18. The molecule has 5 nitrogen and oxygen atoms in total. The third-order valence-corrected chi connectivity index (χ3v) is 2.47. The molecule has 0 aliphatic rings. The third kappa shape index (κ3) is 2.80. The van der Waals surface area contributed by atoms with Gasteiger partial charge in [-0.1, -0.05) is 17.4 Å². The molecule has 3 N–H and O–H groups in total. The number of hydrogen-bond donors (Lipinski definition) is 2. The number of aromatic nitrogens is 2. The van der Waals surface area contributed by atoms with E-state index in [4.69, 9.17) is 22.5 Å². The van der Waals surface area contributed by atoms with E-state index in [1.807, 2.05) is 0 Å². The van der Waals surface area contributed by atoms with Gasteiger partial charge in [-0.05, 0) is 18.2 Å². The van der Waals surface area contributed by atoms with Crippen LogP contribution in [0.15, 0.2) is 22.7 Å². The highest BCUT2D eigenvalue weighted by Crippen LogP contribution is 2.17. The van der Waals surface area contributed by atoms with Gasteiger partial charge in [0.1, 0.15) is 10.8 Å². The molecule has 0 bridgehead atoms. The number of aryl methyl sites for hydroxylation is 1. The largest absolute Gasteiger partial charge is 0.389 e. The lowest BCUT2D eigenvalue weighted by molar-refractivity contribution is 0.388. The number of rotatable bonds is 4. The highest BCUT2D eigenvalue weighted by atomic mass is 32.1. The lowest BCUT2D eigenvalue weighted by Gasteiger charge is -2.09. The zero-order chi connectivity index (χ0) is 13.1. The van der Waals surface area contributed by atoms with E-state index in [1.54, 1.807) is 13.0 Å². The van der Waals surface area contributed by atoms with Gasteiger partial charge in [-0.3, -0.25) is 0 Å². The van der Waals surface area contributed by atoms with E-state index in [-0.39, 0.29) is 4.99 Å². The van der Waals surface area contributed by atoms with Crippen LogP contribution in [0.25, 0.3) is 0 Å². The van der Waals surface area contributed by atoms with Crippen molar-refractivity contribution in [2.75, 3.05) is 5.32 Å². The van der Waals surface area contributed by atoms with Crippen LogP contribution in [-0.2, 0) is 6.54 Å². The van der Waals surface area contributed by atoms with Crippen LogP contribution in [0.3, 0.4) is 0 Å². The van der Waals surface area contributed by atoms with Crippen molar-refractivity contribution < 1.29 is 8.91 Å². The number of hydrogen-bond acceptors (Lipinski definition) is 5. The van der Waals surface area contributed by atoms with E-state index in [0.717, 1.165) is 0 Å². The fraction of sp³-hybridized carbons (Fsp3) is 0.182. The Kier molecular flexibility index (Phi) is 3.52. The maximum atomic E-state index is 13.1. The molecule has 0 amide bonds. The van der Waals surface area contributed by atoms with Crippen molar-refractivity contribution in [3.63, 3.8) is 0 Å². The van der Waals surface area contributed by atoms with Gasteiger partial charge in [0.05, 0.1) is 6.54 Å². The van der Waals surface area contributed by atoms with Crippen LogP contribution in [0.4, 0.5) is 10.1 Å². The Bertz CT molecular complexity index is 584. The zero-order valence-electron chi connectivity index (χ0n) is 9.61. The summed E-state index contributed by atoms with van der Waals surface area (Å²) in [6.45, 7) is 2.05. The van der Waals surface area contributed by atoms with E-state index in [0.29, 0.717) is 29.5 Å². The van der Waals surface area contributed by atoms with Crippen LogP contribution in [0.2, 0.25) is 0 Å². The molecule has 0 atom stereocenters. The lowest BCUT2D eigenvalue weighted by atomic mass is 10.1. The minimum atomic E-state index is -0.390. The van der Waals surface area contributed by atoms with Gasteiger partial charge >= 0.3 is 0 Å². The van der Waals surface area contributed by atoms with Crippen LogP contribution < -0.4 is 11.1 Å². The number of nitrogens with one attached hydrogen (secondary N) is 1. The van der Waals surface area contributed by atoms with Crippen molar-refractivity contribution in [1.29, 1.82) is 0 Å². The summed E-state index contributed by atoms with van der Waals surface area (Å²) in [4.78, 5) is 4.17.